The first kappa shape index (κ1) is 32.2. The lowest BCUT2D eigenvalue weighted by molar-refractivity contribution is -0.757. The Kier molecular flexibility index (Phi) is 9.03. The summed E-state index contributed by atoms with van der Waals surface area (Å²) in [7, 11) is 0. The smallest absolute Gasteiger partial charge is 0.325 e. The van der Waals surface area contributed by atoms with Crippen LogP contribution in [0.3, 0.4) is 0 Å². The number of rotatable bonds is 12. The third-order valence-electron chi connectivity index (χ3n) is 10.7. The molecule has 5 aliphatic rings. The fraction of sp³-hybridized carbons (Fsp3) is 0.742. The summed E-state index contributed by atoms with van der Waals surface area (Å²) in [5, 5.41) is 23.4. The van der Waals surface area contributed by atoms with Crippen LogP contribution < -0.4 is 5.32 Å². The zero-order valence-electron chi connectivity index (χ0n) is 25.5. The van der Waals surface area contributed by atoms with E-state index in [1.54, 1.807) is 6.08 Å². The summed E-state index contributed by atoms with van der Waals surface area (Å²) < 4.78 is 18.2. The van der Waals surface area contributed by atoms with Crippen molar-refractivity contribution in [2.45, 2.75) is 96.2 Å². The number of nitrogens with one attached hydrogen (secondary N) is 1. The number of carbonyl (C=O) groups is 4. The Morgan fingerprint density at radius 2 is 2.05 bits per heavy atom. The lowest BCUT2D eigenvalue weighted by atomic mass is 9.47. The van der Waals surface area contributed by atoms with E-state index < -0.39 is 70.8 Å². The molecule has 13 heteroatoms. The predicted molar refractivity (Wildman–Crippen MR) is 152 cm³/mol. The van der Waals surface area contributed by atoms with Gasteiger partial charge in [0.05, 0.1) is 18.8 Å². The van der Waals surface area contributed by atoms with Crippen molar-refractivity contribution >= 4 is 23.4 Å². The third kappa shape index (κ3) is 5.47. The minimum absolute atomic E-state index is 0.0240. The molecule has 1 aliphatic heterocycles. The average Bonchev–Trinajstić information content (AvgIpc) is 3.45. The molecular weight excluding hydrogens is 576 g/mol. The van der Waals surface area contributed by atoms with E-state index in [4.69, 9.17) is 14.2 Å². The molecule has 0 radical (unpaired) electrons. The van der Waals surface area contributed by atoms with E-state index in [0.717, 1.165) is 12.0 Å². The summed E-state index contributed by atoms with van der Waals surface area (Å²) in [5.41, 5.74) is -1.65. The lowest BCUT2D eigenvalue weighted by Crippen LogP contribution is -2.63. The van der Waals surface area contributed by atoms with E-state index in [1.807, 2.05) is 19.9 Å². The summed E-state index contributed by atoms with van der Waals surface area (Å²) in [6.45, 7) is 4.77. The van der Waals surface area contributed by atoms with Crippen LogP contribution in [0.25, 0.3) is 0 Å². The van der Waals surface area contributed by atoms with Gasteiger partial charge >= 0.3 is 5.97 Å². The lowest BCUT2D eigenvalue weighted by Gasteiger charge is -2.59. The average molecular weight is 619 g/mol. The standard InChI is InChI=1S/C31H42N2O11/c1-4-6-27-43-24-14-21-20-9-8-18-13-19(34)10-11-29(18,2)28(20)22(35)15-30(21,3)31(24,44-27)23(36)17-41-26(38)16-32-25(37)7-5-12-42-33(39)40/h8,10-11,20-22,24,27-28,35H,4-7,9,12-17H2,1-3H3,(H,32,37)/t20-,21-,22-,24+,27?,28+,29-,30-,31+/m0/s1. The quantitative estimate of drug-likeness (QED) is 0.108. The first-order valence-corrected chi connectivity index (χ1v) is 15.5. The summed E-state index contributed by atoms with van der Waals surface area (Å²) in [5.74, 6) is -1.84. The SMILES string of the molecule is CCCC1O[C@@H]2C[C@H]3[C@@H]4CC=C5CC(=O)C=C[C@]5(C)[C@H]4[C@@H](O)C[C@]3(C)[C@]2(C(=O)COC(=O)CNC(=O)CCCO[N+](=O)[O-])O1. The second kappa shape index (κ2) is 12.3. The summed E-state index contributed by atoms with van der Waals surface area (Å²) in [6, 6.07) is 0. The maximum atomic E-state index is 14.1. The fourth-order valence-electron chi connectivity index (χ4n) is 8.85. The van der Waals surface area contributed by atoms with Gasteiger partial charge in [-0.2, -0.15) is 0 Å². The number of amides is 1. The molecular formula is C31H42N2O11. The van der Waals surface area contributed by atoms with Crippen LogP contribution in [-0.2, 0) is 38.2 Å². The molecule has 5 rings (SSSR count). The molecule has 0 bridgehead atoms. The van der Waals surface area contributed by atoms with Crippen LogP contribution >= 0.6 is 0 Å². The van der Waals surface area contributed by atoms with Gasteiger partial charge in [0.15, 0.2) is 24.3 Å². The minimum Gasteiger partial charge on any atom is -0.456 e. The van der Waals surface area contributed by atoms with Gasteiger partial charge in [-0.05, 0) is 50.0 Å². The highest BCUT2D eigenvalue weighted by atomic mass is 16.9. The number of aliphatic hydroxyl groups excluding tert-OH is 1. The number of nitrogens with zero attached hydrogens (tertiary/aromatic N) is 1. The molecule has 1 amide bonds. The number of aliphatic hydroxyl groups is 1. The van der Waals surface area contributed by atoms with Crippen molar-refractivity contribution in [3.8, 4) is 0 Å². The van der Waals surface area contributed by atoms with Gasteiger partial charge < -0.3 is 29.5 Å². The van der Waals surface area contributed by atoms with Crippen molar-refractivity contribution in [2.24, 2.45) is 28.6 Å². The van der Waals surface area contributed by atoms with Crippen LogP contribution in [-0.4, -0.2) is 77.5 Å². The Morgan fingerprint density at radius 1 is 1.27 bits per heavy atom. The number of allylic oxidation sites excluding steroid dienone is 4. The number of Topliss-reactive ketones (excluding diaryl/α,β-unsaturated/α-hetero) is 1. The second-order valence-electron chi connectivity index (χ2n) is 13.2. The molecule has 1 saturated heterocycles. The van der Waals surface area contributed by atoms with Gasteiger partial charge in [0.2, 0.25) is 11.7 Å². The Balaban J connectivity index is 1.30. The monoisotopic (exact) mass is 618 g/mol. The van der Waals surface area contributed by atoms with Crippen LogP contribution in [0.1, 0.15) is 72.1 Å². The molecule has 0 aromatic carbocycles. The Hall–Kier alpha value is -3.16. The van der Waals surface area contributed by atoms with Gasteiger partial charge in [0.25, 0.3) is 5.09 Å². The highest BCUT2D eigenvalue weighted by Crippen LogP contribution is 2.69. The highest BCUT2D eigenvalue weighted by Gasteiger charge is 2.75. The molecule has 0 aromatic heterocycles. The number of esters is 1. The highest BCUT2D eigenvalue weighted by molar-refractivity contribution is 5.94. The molecule has 0 spiro atoms. The number of ketones is 2. The predicted octanol–water partition coefficient (Wildman–Crippen LogP) is 2.37. The Labute approximate surface area is 255 Å². The van der Waals surface area contributed by atoms with Crippen molar-refractivity contribution in [2.75, 3.05) is 19.8 Å². The number of hydrogen-bond donors (Lipinski definition) is 2. The minimum atomic E-state index is -1.42. The summed E-state index contributed by atoms with van der Waals surface area (Å²) in [6.07, 6.45) is 7.01. The maximum absolute atomic E-state index is 14.1. The number of carbonyl (C=O) groups excluding carboxylic acids is 4. The van der Waals surface area contributed by atoms with Gasteiger partial charge in [-0.1, -0.05) is 44.9 Å². The number of fused-ring (bicyclic) bond motifs is 7. The topological polar surface area (TPSA) is 181 Å². The zero-order valence-corrected chi connectivity index (χ0v) is 25.5. The normalized spacial score (nSPS) is 38.5. The second-order valence-corrected chi connectivity index (χ2v) is 13.2. The molecule has 242 valence electrons. The van der Waals surface area contributed by atoms with Crippen molar-refractivity contribution < 1.29 is 48.4 Å². The molecule has 3 fully saturated rings. The molecule has 2 saturated carbocycles. The van der Waals surface area contributed by atoms with E-state index in [2.05, 4.69) is 23.2 Å². The van der Waals surface area contributed by atoms with Gasteiger partial charge in [0.1, 0.15) is 6.54 Å². The van der Waals surface area contributed by atoms with Gasteiger partial charge in [-0.25, -0.2) is 0 Å². The fourth-order valence-corrected chi connectivity index (χ4v) is 8.85. The molecule has 4 aliphatic carbocycles. The van der Waals surface area contributed by atoms with E-state index in [9.17, 15) is 34.4 Å². The van der Waals surface area contributed by atoms with Gasteiger partial charge in [-0.3, -0.25) is 19.2 Å². The number of hydrogen-bond acceptors (Lipinski definition) is 11. The summed E-state index contributed by atoms with van der Waals surface area (Å²) in [4.78, 5) is 65.1. The molecule has 44 heavy (non-hydrogen) atoms. The van der Waals surface area contributed by atoms with Gasteiger partial charge in [-0.15, -0.1) is 10.1 Å². The van der Waals surface area contributed by atoms with Crippen molar-refractivity contribution in [3.63, 3.8) is 0 Å². The van der Waals surface area contributed by atoms with E-state index in [1.165, 1.54) is 0 Å². The van der Waals surface area contributed by atoms with E-state index >= 15 is 0 Å². The Morgan fingerprint density at radius 3 is 2.77 bits per heavy atom. The Bertz CT molecular complexity index is 1260. The van der Waals surface area contributed by atoms with E-state index in [-0.39, 0.29) is 49.4 Å². The van der Waals surface area contributed by atoms with Crippen molar-refractivity contribution in [3.05, 3.63) is 33.9 Å². The number of ether oxygens (including phenoxy) is 3. The molecule has 13 nitrogen and oxygen atoms in total. The first-order valence-electron chi connectivity index (χ1n) is 15.5. The summed E-state index contributed by atoms with van der Waals surface area (Å²) >= 11 is 0. The third-order valence-corrected chi connectivity index (χ3v) is 10.7. The molecule has 0 aromatic rings. The van der Waals surface area contributed by atoms with Crippen LogP contribution in [0.4, 0.5) is 0 Å². The van der Waals surface area contributed by atoms with Gasteiger partial charge in [0, 0.05) is 29.6 Å². The largest absolute Gasteiger partial charge is 0.456 e. The molecule has 1 unspecified atom stereocenters. The van der Waals surface area contributed by atoms with Crippen LogP contribution in [0, 0.1) is 38.7 Å². The van der Waals surface area contributed by atoms with Crippen molar-refractivity contribution in [1.82, 2.24) is 5.32 Å². The van der Waals surface area contributed by atoms with Crippen LogP contribution in [0.5, 0.6) is 0 Å². The van der Waals surface area contributed by atoms with E-state index in [0.29, 0.717) is 25.7 Å². The first-order chi connectivity index (χ1) is 20.9. The molecule has 1 heterocycles. The van der Waals surface area contributed by atoms with Crippen LogP contribution in [0.15, 0.2) is 23.8 Å². The zero-order chi connectivity index (χ0) is 31.9. The molecule has 9 atom stereocenters. The molecule has 2 N–H and O–H groups in total. The van der Waals surface area contributed by atoms with Crippen molar-refractivity contribution in [1.29, 1.82) is 0 Å². The maximum Gasteiger partial charge on any atom is 0.325 e. The van der Waals surface area contributed by atoms with Crippen LogP contribution in [0.2, 0.25) is 0 Å².